The molecule has 0 radical (unpaired) electrons. The van der Waals surface area contributed by atoms with Crippen molar-refractivity contribution in [3.05, 3.63) is 131 Å². The van der Waals surface area contributed by atoms with Crippen LogP contribution in [0.15, 0.2) is 109 Å². The van der Waals surface area contributed by atoms with Crippen molar-refractivity contribution in [3.8, 4) is 22.6 Å². The van der Waals surface area contributed by atoms with E-state index in [2.05, 4.69) is 74.5 Å². The van der Waals surface area contributed by atoms with E-state index in [0.29, 0.717) is 5.56 Å². The third-order valence-electron chi connectivity index (χ3n) is 8.17. The lowest BCUT2D eigenvalue weighted by Crippen LogP contribution is -2.30. The van der Waals surface area contributed by atoms with Crippen molar-refractivity contribution in [2.24, 2.45) is 5.73 Å². The van der Waals surface area contributed by atoms with E-state index in [1.54, 1.807) is 0 Å². The van der Waals surface area contributed by atoms with Crippen molar-refractivity contribution in [2.45, 2.75) is 38.3 Å². The van der Waals surface area contributed by atoms with Crippen molar-refractivity contribution >= 4 is 16.7 Å². The first kappa shape index (κ1) is 24.9. The van der Waals surface area contributed by atoms with Gasteiger partial charge >= 0.3 is 0 Å². The predicted molar refractivity (Wildman–Crippen MR) is 159 cm³/mol. The van der Waals surface area contributed by atoms with Gasteiger partial charge in [0.1, 0.15) is 11.5 Å². The van der Waals surface area contributed by atoms with Gasteiger partial charge in [0.2, 0.25) is 5.90 Å². The number of para-hydroxylation sites is 1. The molecule has 39 heavy (non-hydrogen) atoms. The van der Waals surface area contributed by atoms with Crippen LogP contribution in [0.2, 0.25) is 0 Å². The topological polar surface area (TPSA) is 68.3 Å². The molecule has 0 bridgehead atoms. The smallest absolute Gasteiger partial charge is 0.215 e. The second-order valence-corrected chi connectivity index (χ2v) is 10.1. The van der Waals surface area contributed by atoms with E-state index in [-0.39, 0.29) is 11.3 Å². The van der Waals surface area contributed by atoms with Gasteiger partial charge in [-0.05, 0) is 65.1 Å². The Morgan fingerprint density at radius 1 is 0.795 bits per heavy atom. The average molecular weight is 513 g/mol. The largest absolute Gasteiger partial charge is 0.457 e. The van der Waals surface area contributed by atoms with Gasteiger partial charge in [-0.2, -0.15) is 0 Å². The second-order valence-electron chi connectivity index (χ2n) is 10.1. The minimum Gasteiger partial charge on any atom is -0.457 e. The predicted octanol–water partition coefficient (Wildman–Crippen LogP) is 8.72. The summed E-state index contributed by atoms with van der Waals surface area (Å²) in [5, 5.41) is 10.7. The summed E-state index contributed by atoms with van der Waals surface area (Å²) < 4.78 is 12.5. The number of hydrogen-bond donors (Lipinski definition) is 2. The Kier molecular flexibility index (Phi) is 6.41. The maximum absolute atomic E-state index is 8.57. The molecule has 5 aromatic rings. The van der Waals surface area contributed by atoms with Crippen LogP contribution in [0.25, 0.3) is 21.9 Å². The lowest BCUT2D eigenvalue weighted by molar-refractivity contribution is 0.201. The monoisotopic (exact) mass is 512 g/mol. The Balaban J connectivity index is 1.50. The van der Waals surface area contributed by atoms with E-state index >= 15 is 0 Å². The summed E-state index contributed by atoms with van der Waals surface area (Å²) in [5.41, 5.74) is 12.6. The molecule has 0 aromatic heterocycles. The number of rotatable bonds is 6. The third-order valence-corrected chi connectivity index (χ3v) is 8.17. The quantitative estimate of drug-likeness (QED) is 0.136. The molecular weight excluding hydrogens is 480 g/mol. The fourth-order valence-corrected chi connectivity index (χ4v) is 6.08. The van der Waals surface area contributed by atoms with Crippen LogP contribution in [-0.2, 0) is 10.2 Å². The third kappa shape index (κ3) is 4.18. The molecule has 4 nitrogen and oxygen atoms in total. The van der Waals surface area contributed by atoms with Crippen LogP contribution in [-0.4, -0.2) is 5.90 Å². The molecule has 0 fully saturated rings. The highest BCUT2D eigenvalue weighted by Crippen LogP contribution is 2.52. The van der Waals surface area contributed by atoms with Gasteiger partial charge in [-0.25, -0.2) is 0 Å². The van der Waals surface area contributed by atoms with E-state index < -0.39 is 6.23 Å². The van der Waals surface area contributed by atoms with Crippen molar-refractivity contribution in [1.29, 1.82) is 5.41 Å². The Bertz CT molecular complexity index is 1670. The van der Waals surface area contributed by atoms with Gasteiger partial charge < -0.3 is 9.47 Å². The molecule has 0 saturated heterocycles. The van der Waals surface area contributed by atoms with Gasteiger partial charge in [-0.3, -0.25) is 11.1 Å². The zero-order chi connectivity index (χ0) is 27.0. The number of nitrogens with two attached hydrogens (primary N) is 1. The molecular formula is C35H32N2O2. The molecule has 1 aliphatic heterocycles. The Labute approximate surface area is 229 Å². The lowest BCUT2D eigenvalue weighted by Gasteiger charge is -2.39. The van der Waals surface area contributed by atoms with Gasteiger partial charge in [0, 0.05) is 27.7 Å². The van der Waals surface area contributed by atoms with Crippen LogP contribution >= 0.6 is 0 Å². The Morgan fingerprint density at radius 2 is 1.49 bits per heavy atom. The fraction of sp³-hybridized carbons (Fsp3) is 0.171. The maximum Gasteiger partial charge on any atom is 0.215 e. The molecule has 4 heteroatoms. The van der Waals surface area contributed by atoms with Crippen molar-refractivity contribution in [1.82, 2.24) is 0 Å². The van der Waals surface area contributed by atoms with E-state index in [4.69, 9.17) is 20.6 Å². The standard InChI is InChI=1S/C35H32N2O2/c1-3-35(4-2)28-16-10-11-17-30(28)38-31-21-19-25(22-29(31)35)27-20-18-23-12-8-9-15-26(23)32(27)34(37)39-33(36)24-13-6-5-7-14-24/h5-22,34,36H,3-4,37H2,1-2H3. The number of ether oxygens (including phenoxy) is 2. The minimum atomic E-state index is -0.825. The highest BCUT2D eigenvalue weighted by molar-refractivity contribution is 5.94. The number of fused-ring (bicyclic) bond motifs is 3. The first-order valence-electron chi connectivity index (χ1n) is 13.6. The summed E-state index contributed by atoms with van der Waals surface area (Å²) in [6.45, 7) is 4.50. The summed E-state index contributed by atoms with van der Waals surface area (Å²) in [6.07, 6.45) is 1.10. The summed E-state index contributed by atoms with van der Waals surface area (Å²) in [5.74, 6) is 1.88. The van der Waals surface area contributed by atoms with Gasteiger partial charge in [-0.15, -0.1) is 0 Å². The van der Waals surface area contributed by atoms with Crippen molar-refractivity contribution in [3.63, 3.8) is 0 Å². The molecule has 1 atom stereocenters. The molecule has 1 aliphatic rings. The molecule has 0 aliphatic carbocycles. The first-order valence-corrected chi connectivity index (χ1v) is 13.6. The summed E-state index contributed by atoms with van der Waals surface area (Å²) in [6, 6.07) is 36.7. The summed E-state index contributed by atoms with van der Waals surface area (Å²) in [7, 11) is 0. The molecule has 194 valence electrons. The van der Waals surface area contributed by atoms with Crippen LogP contribution in [0.5, 0.6) is 11.5 Å². The first-order chi connectivity index (χ1) is 19.1. The van der Waals surface area contributed by atoms with Gasteiger partial charge in [0.25, 0.3) is 0 Å². The number of hydrogen-bond acceptors (Lipinski definition) is 4. The van der Waals surface area contributed by atoms with Crippen LogP contribution in [0.1, 0.15) is 55.2 Å². The van der Waals surface area contributed by atoms with E-state index in [1.807, 2.05) is 48.5 Å². The molecule has 0 spiro atoms. The zero-order valence-electron chi connectivity index (χ0n) is 22.3. The molecule has 1 heterocycles. The highest BCUT2D eigenvalue weighted by Gasteiger charge is 2.39. The lowest BCUT2D eigenvalue weighted by atomic mass is 9.68. The molecule has 0 saturated carbocycles. The molecule has 1 unspecified atom stereocenters. The molecule has 5 aromatic carbocycles. The fourth-order valence-electron chi connectivity index (χ4n) is 6.08. The van der Waals surface area contributed by atoms with E-state index in [0.717, 1.165) is 51.8 Å². The van der Waals surface area contributed by atoms with Crippen LogP contribution in [0, 0.1) is 5.41 Å². The number of benzene rings is 5. The highest BCUT2D eigenvalue weighted by atomic mass is 16.5. The molecule has 3 N–H and O–H groups in total. The van der Waals surface area contributed by atoms with Crippen molar-refractivity contribution < 1.29 is 9.47 Å². The second kappa shape index (κ2) is 10.0. The van der Waals surface area contributed by atoms with Gasteiger partial charge in [0.15, 0.2) is 6.23 Å². The molecule has 0 amide bonds. The van der Waals surface area contributed by atoms with E-state index in [1.165, 1.54) is 11.1 Å². The SMILES string of the molecule is CCC1(CC)c2ccccc2Oc2ccc(-c3ccc4ccccc4c3C(N)OC(=N)c3ccccc3)cc21. The van der Waals surface area contributed by atoms with Crippen LogP contribution < -0.4 is 10.5 Å². The maximum atomic E-state index is 8.57. The van der Waals surface area contributed by atoms with Gasteiger partial charge in [0.05, 0.1) is 0 Å². The summed E-state index contributed by atoms with van der Waals surface area (Å²) in [4.78, 5) is 0. The average Bonchev–Trinajstić information content (AvgIpc) is 2.99. The number of nitrogens with one attached hydrogen (secondary N) is 1. The van der Waals surface area contributed by atoms with Crippen molar-refractivity contribution in [2.75, 3.05) is 0 Å². The van der Waals surface area contributed by atoms with E-state index in [9.17, 15) is 0 Å². The minimum absolute atomic E-state index is 0.0495. The summed E-state index contributed by atoms with van der Waals surface area (Å²) >= 11 is 0. The van der Waals surface area contributed by atoms with Gasteiger partial charge in [-0.1, -0.05) is 92.7 Å². The van der Waals surface area contributed by atoms with Crippen LogP contribution in [0.3, 0.4) is 0 Å². The zero-order valence-corrected chi connectivity index (χ0v) is 22.3. The Morgan fingerprint density at radius 3 is 2.28 bits per heavy atom. The molecule has 6 rings (SSSR count). The van der Waals surface area contributed by atoms with Crippen LogP contribution in [0.4, 0.5) is 0 Å². The normalized spacial score (nSPS) is 14.1. The Hall–Kier alpha value is -4.41.